The first kappa shape index (κ1) is 28.5. The number of nitrogens with one attached hydrogen (secondary N) is 1. The minimum Gasteiger partial charge on any atom is -0.495 e. The lowest BCUT2D eigenvalue weighted by Crippen LogP contribution is -2.34. The summed E-state index contributed by atoms with van der Waals surface area (Å²) in [5.74, 6) is -4.48. The number of hydrogen-bond donors (Lipinski definition) is 1. The van der Waals surface area contributed by atoms with E-state index in [1.165, 1.54) is 25.3 Å². The van der Waals surface area contributed by atoms with Crippen LogP contribution >= 0.6 is 9.90 Å². The van der Waals surface area contributed by atoms with Gasteiger partial charge in [0.2, 0.25) is 0 Å². The van der Waals surface area contributed by atoms with Gasteiger partial charge in [-0.05, 0) is 42.5 Å². The van der Waals surface area contributed by atoms with Crippen molar-refractivity contribution in [2.75, 3.05) is 11.8 Å². The highest BCUT2D eigenvalue weighted by Crippen LogP contribution is 2.50. The molecule has 2 aromatic carbocycles. The summed E-state index contributed by atoms with van der Waals surface area (Å²) >= 11 is 0. The number of pyridine rings is 1. The maximum absolute atomic E-state index is 15.1. The molecule has 1 fully saturated rings. The molecule has 1 N–H and O–H groups in total. The molecular formula is C24H21F5N3O5PS. The van der Waals surface area contributed by atoms with Crippen molar-refractivity contribution in [3.05, 3.63) is 76.3 Å². The Morgan fingerprint density at radius 2 is 1.79 bits per heavy atom. The molecule has 4 aromatic rings. The Morgan fingerprint density at radius 1 is 1.08 bits per heavy atom. The van der Waals surface area contributed by atoms with Gasteiger partial charge < -0.3 is 9.26 Å². The lowest BCUT2D eigenvalue weighted by atomic mass is 9.71. The normalized spacial score (nSPS) is 17.4. The van der Waals surface area contributed by atoms with Gasteiger partial charge in [0.25, 0.3) is 15.6 Å². The third-order valence-corrected chi connectivity index (χ3v) is 7.86. The first-order valence-electron chi connectivity index (χ1n) is 11.1. The van der Waals surface area contributed by atoms with Gasteiger partial charge in [0, 0.05) is 29.7 Å². The smallest absolute Gasteiger partial charge is 0.391 e. The van der Waals surface area contributed by atoms with E-state index >= 15 is 8.78 Å². The maximum Gasteiger partial charge on any atom is 0.391 e. The number of methoxy groups -OCH3 is 1. The van der Waals surface area contributed by atoms with Gasteiger partial charge in [0.15, 0.2) is 5.82 Å². The number of sulfonamides is 1. The van der Waals surface area contributed by atoms with Crippen molar-refractivity contribution in [3.63, 3.8) is 0 Å². The van der Waals surface area contributed by atoms with Crippen LogP contribution in [0, 0.1) is 17.6 Å². The molecule has 2 heterocycles. The van der Waals surface area contributed by atoms with E-state index in [2.05, 4.69) is 14.4 Å². The lowest BCUT2D eigenvalue weighted by molar-refractivity contribution is -0.197. The largest absolute Gasteiger partial charge is 0.495 e. The Hall–Kier alpha value is -3.51. The van der Waals surface area contributed by atoms with Crippen molar-refractivity contribution in [3.8, 4) is 11.4 Å². The summed E-state index contributed by atoms with van der Waals surface area (Å²) < 4.78 is 107. The quantitative estimate of drug-likeness (QED) is 0.246. The monoisotopic (exact) mass is 589 g/mol. The number of ether oxygens (including phenoxy) is 1. The van der Waals surface area contributed by atoms with Gasteiger partial charge in [-0.15, -0.1) is 0 Å². The van der Waals surface area contributed by atoms with Crippen LogP contribution in [0.5, 0.6) is 5.75 Å². The molecule has 5 rings (SSSR count). The Labute approximate surface area is 221 Å². The molecule has 39 heavy (non-hydrogen) atoms. The number of fused-ring (bicyclic) bond motifs is 1. The van der Waals surface area contributed by atoms with E-state index in [9.17, 15) is 26.4 Å². The summed E-state index contributed by atoms with van der Waals surface area (Å²) in [6.07, 6.45) is -3.80. The van der Waals surface area contributed by atoms with Crippen molar-refractivity contribution in [2.45, 2.75) is 29.8 Å². The summed E-state index contributed by atoms with van der Waals surface area (Å²) in [5, 5.41) is 3.53. The molecule has 15 heteroatoms. The standard InChI is InChI=1S/C24H18F5N3O5S.H3P/c1-36-20-9-15(13-6-14(7-13)24(27,28)29)16(25)10-19(20)32-18-11-17(26)21(8-12(18)2-3-23(32)33)38(34,35)31-22-4-5-37-30-22;/h2-5,8-11,13-14H,6-7H2,1H3,(H,30,31);1H3. The van der Waals surface area contributed by atoms with E-state index in [4.69, 9.17) is 4.74 Å². The average molecular weight is 589 g/mol. The van der Waals surface area contributed by atoms with Crippen molar-refractivity contribution >= 4 is 36.6 Å². The van der Waals surface area contributed by atoms with E-state index in [-0.39, 0.29) is 56.5 Å². The molecule has 208 valence electrons. The fraction of sp³-hybridized carbons (Fsp3) is 0.250. The van der Waals surface area contributed by atoms with Crippen LogP contribution in [0.1, 0.15) is 24.3 Å². The minimum atomic E-state index is -4.44. The molecule has 0 aliphatic heterocycles. The van der Waals surface area contributed by atoms with Crippen LogP contribution in [-0.2, 0) is 10.0 Å². The number of alkyl halides is 3. The number of aromatic nitrogens is 2. The minimum absolute atomic E-state index is 0. The number of benzene rings is 2. The molecule has 0 saturated heterocycles. The third-order valence-electron chi connectivity index (χ3n) is 6.49. The van der Waals surface area contributed by atoms with E-state index in [0.29, 0.717) is 0 Å². The van der Waals surface area contributed by atoms with Gasteiger partial charge in [-0.3, -0.25) is 14.1 Å². The van der Waals surface area contributed by atoms with Gasteiger partial charge in [0.1, 0.15) is 28.5 Å². The van der Waals surface area contributed by atoms with Crippen LogP contribution in [0.25, 0.3) is 16.6 Å². The SMILES string of the molecule is COc1cc(C2CC(C(F)(F)F)C2)c(F)cc1-n1c(=O)ccc2cc(S(=O)(=O)Nc3ccon3)c(F)cc21.P. The van der Waals surface area contributed by atoms with Crippen molar-refractivity contribution in [2.24, 2.45) is 5.92 Å². The Kier molecular flexibility index (Phi) is 7.48. The Bertz CT molecular complexity index is 1700. The number of hydrogen-bond acceptors (Lipinski definition) is 6. The molecule has 0 radical (unpaired) electrons. The number of rotatable bonds is 6. The Balaban J connectivity index is 0.00000353. The molecular weight excluding hydrogens is 568 g/mol. The molecule has 1 aliphatic rings. The topological polar surface area (TPSA) is 103 Å². The van der Waals surface area contributed by atoms with Crippen LogP contribution in [-0.4, -0.2) is 31.4 Å². The molecule has 1 saturated carbocycles. The zero-order valence-corrected chi connectivity index (χ0v) is 22.4. The Morgan fingerprint density at radius 3 is 2.41 bits per heavy atom. The summed E-state index contributed by atoms with van der Waals surface area (Å²) in [6, 6.07) is 7.52. The zero-order valence-electron chi connectivity index (χ0n) is 20.1. The summed E-state index contributed by atoms with van der Waals surface area (Å²) in [6.45, 7) is 0. The highest BCUT2D eigenvalue weighted by atomic mass is 32.2. The second kappa shape index (κ2) is 10.2. The van der Waals surface area contributed by atoms with Crippen LogP contribution in [0.3, 0.4) is 0 Å². The van der Waals surface area contributed by atoms with Crippen LogP contribution in [0.15, 0.2) is 62.9 Å². The van der Waals surface area contributed by atoms with Crippen molar-refractivity contribution in [1.29, 1.82) is 0 Å². The number of nitrogens with zero attached hydrogens (tertiary/aromatic N) is 2. The van der Waals surface area contributed by atoms with Crippen LogP contribution in [0.2, 0.25) is 0 Å². The van der Waals surface area contributed by atoms with Crippen LogP contribution < -0.4 is 15.0 Å². The van der Waals surface area contributed by atoms with E-state index in [1.54, 1.807) is 0 Å². The molecule has 1 aliphatic carbocycles. The third kappa shape index (κ3) is 5.22. The molecule has 1 unspecified atom stereocenters. The van der Waals surface area contributed by atoms with Gasteiger partial charge in [-0.1, -0.05) is 5.16 Å². The summed E-state index contributed by atoms with van der Waals surface area (Å²) in [4.78, 5) is 12.1. The molecule has 0 bridgehead atoms. The van der Waals surface area contributed by atoms with Gasteiger partial charge >= 0.3 is 6.18 Å². The number of anilines is 1. The molecule has 0 spiro atoms. The fourth-order valence-corrected chi connectivity index (χ4v) is 5.59. The van der Waals surface area contributed by atoms with Crippen LogP contribution in [0.4, 0.5) is 27.8 Å². The highest BCUT2D eigenvalue weighted by molar-refractivity contribution is 7.92. The predicted molar refractivity (Wildman–Crippen MR) is 136 cm³/mol. The fourth-order valence-electron chi connectivity index (χ4n) is 4.50. The first-order valence-corrected chi connectivity index (χ1v) is 12.6. The summed E-state index contributed by atoms with van der Waals surface area (Å²) in [5.41, 5.74) is -0.925. The van der Waals surface area contributed by atoms with Gasteiger partial charge in [-0.2, -0.15) is 23.1 Å². The predicted octanol–water partition coefficient (Wildman–Crippen LogP) is 5.18. The van der Waals surface area contributed by atoms with E-state index in [0.717, 1.165) is 35.1 Å². The van der Waals surface area contributed by atoms with Gasteiger partial charge in [-0.25, -0.2) is 17.2 Å². The van der Waals surface area contributed by atoms with Crippen molar-refractivity contribution < 1.29 is 39.6 Å². The maximum atomic E-state index is 15.1. The highest BCUT2D eigenvalue weighted by Gasteiger charge is 2.48. The zero-order chi connectivity index (χ0) is 27.4. The summed E-state index contributed by atoms with van der Waals surface area (Å²) in [7, 11) is -3.21. The second-order valence-corrected chi connectivity index (χ2v) is 10.4. The average Bonchev–Trinajstić information content (AvgIpc) is 3.30. The van der Waals surface area contributed by atoms with E-state index in [1.807, 2.05) is 0 Å². The molecule has 1 atom stereocenters. The lowest BCUT2D eigenvalue weighted by Gasteiger charge is -2.37. The number of halogens is 5. The van der Waals surface area contributed by atoms with Crippen molar-refractivity contribution in [1.82, 2.24) is 9.72 Å². The van der Waals surface area contributed by atoms with Gasteiger partial charge in [0.05, 0.1) is 24.2 Å². The first-order chi connectivity index (χ1) is 17.9. The molecule has 8 nitrogen and oxygen atoms in total. The van der Waals surface area contributed by atoms with E-state index < -0.39 is 50.1 Å². The second-order valence-electron chi connectivity index (χ2n) is 8.79. The molecule has 0 amide bonds. The molecule has 2 aromatic heterocycles.